The SMILES string of the molecule is COc1ccc(-c2nc(CNCCc3cc(OC)ccc3OC)co2)cc1. The highest BCUT2D eigenvalue weighted by Gasteiger charge is 2.08. The molecule has 0 bridgehead atoms. The van der Waals surface area contributed by atoms with Crippen LogP contribution in [0.5, 0.6) is 17.2 Å². The predicted molar refractivity (Wildman–Crippen MR) is 103 cm³/mol. The smallest absolute Gasteiger partial charge is 0.226 e. The molecule has 0 saturated heterocycles. The summed E-state index contributed by atoms with van der Waals surface area (Å²) in [5.74, 6) is 3.09. The molecule has 0 spiro atoms. The first-order chi connectivity index (χ1) is 13.2. The van der Waals surface area contributed by atoms with Gasteiger partial charge in [-0.3, -0.25) is 0 Å². The van der Waals surface area contributed by atoms with Crippen molar-refractivity contribution >= 4 is 0 Å². The van der Waals surface area contributed by atoms with Gasteiger partial charge in [0.15, 0.2) is 0 Å². The summed E-state index contributed by atoms with van der Waals surface area (Å²) in [4.78, 5) is 4.53. The molecule has 0 aliphatic rings. The predicted octanol–water partition coefficient (Wildman–Crippen LogP) is 3.70. The van der Waals surface area contributed by atoms with Crippen molar-refractivity contribution in [3.05, 3.63) is 60.0 Å². The van der Waals surface area contributed by atoms with Crippen molar-refractivity contribution in [2.45, 2.75) is 13.0 Å². The summed E-state index contributed by atoms with van der Waals surface area (Å²) in [7, 11) is 4.98. The van der Waals surface area contributed by atoms with Crippen LogP contribution in [0.15, 0.2) is 53.1 Å². The summed E-state index contributed by atoms with van der Waals surface area (Å²) in [6.45, 7) is 1.42. The summed E-state index contributed by atoms with van der Waals surface area (Å²) < 4.78 is 21.4. The molecule has 6 nitrogen and oxygen atoms in total. The van der Waals surface area contributed by atoms with E-state index in [1.165, 1.54) is 0 Å². The van der Waals surface area contributed by atoms with Crippen LogP contribution in [0.2, 0.25) is 0 Å². The maximum absolute atomic E-state index is 5.58. The Morgan fingerprint density at radius 3 is 2.37 bits per heavy atom. The minimum Gasteiger partial charge on any atom is -0.497 e. The first-order valence-corrected chi connectivity index (χ1v) is 8.74. The maximum atomic E-state index is 5.58. The second-order valence-electron chi connectivity index (χ2n) is 5.98. The molecule has 27 heavy (non-hydrogen) atoms. The molecule has 0 amide bonds. The van der Waals surface area contributed by atoms with E-state index in [0.29, 0.717) is 12.4 Å². The molecule has 0 aliphatic heterocycles. The fourth-order valence-corrected chi connectivity index (χ4v) is 2.77. The Morgan fingerprint density at radius 2 is 1.67 bits per heavy atom. The Bertz CT molecular complexity index is 859. The van der Waals surface area contributed by atoms with Gasteiger partial charge < -0.3 is 23.9 Å². The van der Waals surface area contributed by atoms with Gasteiger partial charge in [0.05, 0.1) is 27.0 Å². The lowest BCUT2D eigenvalue weighted by Crippen LogP contribution is -2.17. The van der Waals surface area contributed by atoms with Crippen molar-refractivity contribution in [1.82, 2.24) is 10.3 Å². The largest absolute Gasteiger partial charge is 0.497 e. The van der Waals surface area contributed by atoms with Gasteiger partial charge in [-0.2, -0.15) is 0 Å². The number of nitrogens with zero attached hydrogens (tertiary/aromatic N) is 1. The van der Waals surface area contributed by atoms with Crippen LogP contribution >= 0.6 is 0 Å². The van der Waals surface area contributed by atoms with E-state index in [1.54, 1.807) is 27.6 Å². The summed E-state index contributed by atoms with van der Waals surface area (Å²) in [5, 5.41) is 3.38. The molecule has 0 radical (unpaired) electrons. The number of methoxy groups -OCH3 is 3. The standard InChI is InChI=1S/C21H24N2O4/c1-24-18-6-4-15(5-7-18)21-23-17(14-27-21)13-22-11-10-16-12-19(25-2)8-9-20(16)26-3/h4-9,12,14,22H,10-11,13H2,1-3H3. The average molecular weight is 368 g/mol. The van der Waals surface area contributed by atoms with Crippen LogP contribution in [-0.2, 0) is 13.0 Å². The molecule has 1 N–H and O–H groups in total. The number of hydrogen-bond donors (Lipinski definition) is 1. The molecule has 3 aromatic rings. The number of ether oxygens (including phenoxy) is 3. The fourth-order valence-electron chi connectivity index (χ4n) is 2.77. The summed E-state index contributed by atoms with van der Waals surface area (Å²) in [5.41, 5.74) is 2.88. The molecular formula is C21H24N2O4. The molecule has 0 aliphatic carbocycles. The van der Waals surface area contributed by atoms with E-state index < -0.39 is 0 Å². The third-order valence-corrected chi connectivity index (χ3v) is 4.25. The molecule has 0 saturated carbocycles. The van der Waals surface area contributed by atoms with Crippen molar-refractivity contribution in [2.75, 3.05) is 27.9 Å². The van der Waals surface area contributed by atoms with E-state index in [9.17, 15) is 0 Å². The maximum Gasteiger partial charge on any atom is 0.226 e. The van der Waals surface area contributed by atoms with Gasteiger partial charge >= 0.3 is 0 Å². The lowest BCUT2D eigenvalue weighted by Gasteiger charge is -2.10. The van der Waals surface area contributed by atoms with Crippen LogP contribution in [-0.4, -0.2) is 32.9 Å². The van der Waals surface area contributed by atoms with E-state index in [4.69, 9.17) is 18.6 Å². The van der Waals surface area contributed by atoms with Crippen LogP contribution in [0, 0.1) is 0 Å². The van der Waals surface area contributed by atoms with E-state index >= 15 is 0 Å². The fraction of sp³-hybridized carbons (Fsp3) is 0.286. The Hall–Kier alpha value is -2.99. The average Bonchev–Trinajstić information content (AvgIpc) is 3.20. The normalized spacial score (nSPS) is 10.6. The second-order valence-corrected chi connectivity index (χ2v) is 5.98. The van der Waals surface area contributed by atoms with E-state index in [0.717, 1.165) is 47.0 Å². The number of nitrogens with one attached hydrogen (secondary N) is 1. The van der Waals surface area contributed by atoms with Crippen molar-refractivity contribution in [1.29, 1.82) is 0 Å². The minimum atomic E-state index is 0.601. The van der Waals surface area contributed by atoms with Gasteiger partial charge in [-0.05, 0) is 61.0 Å². The van der Waals surface area contributed by atoms with Crippen molar-refractivity contribution in [3.63, 3.8) is 0 Å². The van der Waals surface area contributed by atoms with E-state index in [1.807, 2.05) is 42.5 Å². The molecule has 6 heteroatoms. The van der Waals surface area contributed by atoms with Crippen LogP contribution in [0.3, 0.4) is 0 Å². The topological polar surface area (TPSA) is 65.8 Å². The Balaban J connectivity index is 1.53. The van der Waals surface area contributed by atoms with Gasteiger partial charge in [0.25, 0.3) is 0 Å². The molecule has 1 aromatic heterocycles. The first-order valence-electron chi connectivity index (χ1n) is 8.74. The van der Waals surface area contributed by atoms with Gasteiger partial charge in [-0.1, -0.05) is 0 Å². The quantitative estimate of drug-likeness (QED) is 0.581. The minimum absolute atomic E-state index is 0.601. The Morgan fingerprint density at radius 1 is 0.926 bits per heavy atom. The van der Waals surface area contributed by atoms with Crippen LogP contribution in [0.4, 0.5) is 0 Å². The number of aromatic nitrogens is 1. The summed E-state index contributed by atoms with van der Waals surface area (Å²) in [6.07, 6.45) is 2.50. The van der Waals surface area contributed by atoms with Gasteiger partial charge in [-0.15, -0.1) is 0 Å². The Kier molecular flexibility index (Phi) is 6.33. The van der Waals surface area contributed by atoms with Crippen LogP contribution in [0.1, 0.15) is 11.3 Å². The van der Waals surface area contributed by atoms with Crippen LogP contribution in [0.25, 0.3) is 11.5 Å². The lowest BCUT2D eigenvalue weighted by atomic mass is 10.1. The molecule has 0 unspecified atom stereocenters. The number of benzene rings is 2. The van der Waals surface area contributed by atoms with Gasteiger partial charge in [-0.25, -0.2) is 4.98 Å². The third kappa shape index (κ3) is 4.80. The second kappa shape index (κ2) is 9.09. The Labute approximate surface area is 159 Å². The number of oxazole rings is 1. The highest BCUT2D eigenvalue weighted by atomic mass is 16.5. The molecule has 0 fully saturated rings. The van der Waals surface area contributed by atoms with Gasteiger partial charge in [0.2, 0.25) is 5.89 Å². The van der Waals surface area contributed by atoms with Crippen LogP contribution < -0.4 is 19.5 Å². The molecule has 0 atom stereocenters. The van der Waals surface area contributed by atoms with Gasteiger partial charge in [0.1, 0.15) is 23.5 Å². The molecule has 2 aromatic carbocycles. The van der Waals surface area contributed by atoms with Crippen molar-refractivity contribution in [3.8, 4) is 28.7 Å². The zero-order valence-corrected chi connectivity index (χ0v) is 15.8. The lowest BCUT2D eigenvalue weighted by molar-refractivity contribution is 0.398. The molecule has 1 heterocycles. The van der Waals surface area contributed by atoms with E-state index in [-0.39, 0.29) is 0 Å². The van der Waals surface area contributed by atoms with E-state index in [2.05, 4.69) is 10.3 Å². The zero-order valence-electron chi connectivity index (χ0n) is 15.8. The number of rotatable bonds is 9. The summed E-state index contributed by atoms with van der Waals surface area (Å²) in [6, 6.07) is 13.4. The monoisotopic (exact) mass is 368 g/mol. The van der Waals surface area contributed by atoms with Gasteiger partial charge in [0, 0.05) is 12.1 Å². The highest BCUT2D eigenvalue weighted by Crippen LogP contribution is 2.24. The molecule has 142 valence electrons. The summed E-state index contributed by atoms with van der Waals surface area (Å²) >= 11 is 0. The van der Waals surface area contributed by atoms with Crippen molar-refractivity contribution in [2.24, 2.45) is 0 Å². The zero-order chi connectivity index (χ0) is 19.1. The van der Waals surface area contributed by atoms with Crippen molar-refractivity contribution < 1.29 is 18.6 Å². The molecule has 3 rings (SSSR count). The third-order valence-electron chi connectivity index (χ3n) is 4.25. The highest BCUT2D eigenvalue weighted by molar-refractivity contribution is 5.54. The number of hydrogen-bond acceptors (Lipinski definition) is 6. The molecular weight excluding hydrogens is 344 g/mol. The first kappa shape index (κ1) is 18.8.